The van der Waals surface area contributed by atoms with Crippen molar-refractivity contribution >= 4 is 16.7 Å². The van der Waals surface area contributed by atoms with Crippen molar-refractivity contribution in [3.63, 3.8) is 0 Å². The summed E-state index contributed by atoms with van der Waals surface area (Å²) in [6.45, 7) is 5.79. The number of fused-ring (bicyclic) bond motifs is 2. The maximum absolute atomic E-state index is 12.3. The third-order valence-electron chi connectivity index (χ3n) is 5.29. The van der Waals surface area contributed by atoms with E-state index in [1.165, 1.54) is 0 Å². The van der Waals surface area contributed by atoms with Gasteiger partial charge in [-0.05, 0) is 31.0 Å². The van der Waals surface area contributed by atoms with Crippen LogP contribution in [0.5, 0.6) is 0 Å². The Labute approximate surface area is 172 Å². The summed E-state index contributed by atoms with van der Waals surface area (Å²) >= 11 is 0. The molecule has 0 saturated carbocycles. The lowest BCUT2D eigenvalue weighted by Crippen LogP contribution is -2.36. The molecule has 30 heavy (non-hydrogen) atoms. The van der Waals surface area contributed by atoms with Crippen molar-refractivity contribution in [3.8, 4) is 11.5 Å². The molecule has 0 aromatic heterocycles. The second-order valence-electron chi connectivity index (χ2n) is 7.52. The van der Waals surface area contributed by atoms with Crippen LogP contribution in [0, 0.1) is 12.8 Å². The highest BCUT2D eigenvalue weighted by atomic mass is 16.3. The third-order valence-corrected chi connectivity index (χ3v) is 5.29. The molecule has 2 aliphatic heterocycles. The zero-order chi connectivity index (χ0) is 22.0. The van der Waals surface area contributed by atoms with E-state index in [9.17, 15) is 24.9 Å². The number of aryl methyl sites for hydroxylation is 1. The number of aliphatic hydroxyl groups is 3. The molecular weight excluding hydrogens is 390 g/mol. The standard InChI is InChI=1S/C20H27N5O5/c1-4-5-21-12-7-14-13(6-10(12)2)22-17-18(23-20(30)24-19(17)29)25(14)8-15(27)11(3)16(28)9-26/h6-7,11,15-16,21,26-28H,4-5,8-9H2,1-3H3,(H,24,29,30). The van der Waals surface area contributed by atoms with Crippen molar-refractivity contribution in [1.82, 2.24) is 19.5 Å². The van der Waals surface area contributed by atoms with E-state index in [4.69, 9.17) is 0 Å². The number of aliphatic hydroxyl groups excluding tert-OH is 3. The Hall–Kier alpha value is -2.82. The number of nitrogens with one attached hydrogen (secondary N) is 2. The van der Waals surface area contributed by atoms with Crippen LogP contribution in [0.15, 0.2) is 21.7 Å². The molecule has 2 heterocycles. The maximum Gasteiger partial charge on any atom is 0.349 e. The Morgan fingerprint density at radius 2 is 1.93 bits per heavy atom. The predicted molar refractivity (Wildman–Crippen MR) is 113 cm³/mol. The fraction of sp³-hybridized carbons (Fsp3) is 0.500. The first-order valence-corrected chi connectivity index (χ1v) is 9.92. The van der Waals surface area contributed by atoms with Crippen molar-refractivity contribution < 1.29 is 15.3 Å². The van der Waals surface area contributed by atoms with Crippen LogP contribution in [0.25, 0.3) is 22.6 Å². The van der Waals surface area contributed by atoms with Gasteiger partial charge in [0, 0.05) is 18.2 Å². The van der Waals surface area contributed by atoms with Gasteiger partial charge in [0.1, 0.15) is 0 Å². The zero-order valence-electron chi connectivity index (χ0n) is 17.2. The number of rotatable bonds is 8. The Balaban J connectivity index is 2.25. The van der Waals surface area contributed by atoms with Gasteiger partial charge in [0.2, 0.25) is 0 Å². The van der Waals surface area contributed by atoms with Crippen LogP contribution in [-0.4, -0.2) is 60.2 Å². The number of aromatic nitrogens is 4. The molecule has 162 valence electrons. The number of benzene rings is 1. The SMILES string of the molecule is CCCNc1cc2c(cc1C)nc1c(=O)[nH]c(=O)nc-1n2CC(O)C(C)C(O)CO. The number of nitrogens with zero attached hydrogens (tertiary/aromatic N) is 3. The van der Waals surface area contributed by atoms with Gasteiger partial charge in [-0.15, -0.1) is 0 Å². The molecule has 0 bridgehead atoms. The first-order chi connectivity index (χ1) is 14.3. The highest BCUT2D eigenvalue weighted by Gasteiger charge is 2.26. The van der Waals surface area contributed by atoms with Gasteiger partial charge in [0.15, 0.2) is 11.5 Å². The second-order valence-corrected chi connectivity index (χ2v) is 7.52. The Bertz CT molecular complexity index is 1120. The second kappa shape index (κ2) is 8.90. The minimum atomic E-state index is -1.12. The Morgan fingerprint density at radius 1 is 1.20 bits per heavy atom. The fourth-order valence-corrected chi connectivity index (χ4v) is 3.36. The molecule has 3 atom stereocenters. The molecule has 5 N–H and O–H groups in total. The first kappa shape index (κ1) is 21.9. The minimum Gasteiger partial charge on any atom is -0.394 e. The van der Waals surface area contributed by atoms with E-state index < -0.39 is 36.0 Å². The molecule has 0 fully saturated rings. The molecule has 0 radical (unpaired) electrons. The monoisotopic (exact) mass is 417 g/mol. The van der Waals surface area contributed by atoms with Crippen molar-refractivity contribution in [2.24, 2.45) is 5.92 Å². The largest absolute Gasteiger partial charge is 0.394 e. The molecule has 3 rings (SSSR count). The topological polar surface area (TPSA) is 153 Å². The van der Waals surface area contributed by atoms with Crippen molar-refractivity contribution in [2.75, 3.05) is 18.5 Å². The van der Waals surface area contributed by atoms with E-state index in [1.54, 1.807) is 11.5 Å². The number of hydrogen-bond acceptors (Lipinski definition) is 8. The molecule has 3 unspecified atom stereocenters. The Morgan fingerprint density at radius 3 is 2.60 bits per heavy atom. The molecule has 1 aromatic rings. The average molecular weight is 417 g/mol. The maximum atomic E-state index is 12.3. The summed E-state index contributed by atoms with van der Waals surface area (Å²) in [7, 11) is 0. The van der Waals surface area contributed by atoms with Crippen LogP contribution in [0.2, 0.25) is 0 Å². The molecule has 0 spiro atoms. The summed E-state index contributed by atoms with van der Waals surface area (Å²) in [5, 5.41) is 33.1. The summed E-state index contributed by atoms with van der Waals surface area (Å²) in [6, 6.07) is 3.67. The highest BCUT2D eigenvalue weighted by Crippen LogP contribution is 2.27. The van der Waals surface area contributed by atoms with E-state index in [2.05, 4.69) is 27.2 Å². The van der Waals surface area contributed by atoms with Gasteiger partial charge >= 0.3 is 5.69 Å². The van der Waals surface area contributed by atoms with Crippen LogP contribution < -0.4 is 16.6 Å². The van der Waals surface area contributed by atoms with Gasteiger partial charge in [0.25, 0.3) is 5.56 Å². The molecular formula is C20H27N5O5. The number of aromatic amines is 1. The van der Waals surface area contributed by atoms with E-state index in [0.29, 0.717) is 11.0 Å². The average Bonchev–Trinajstić information content (AvgIpc) is 2.71. The summed E-state index contributed by atoms with van der Waals surface area (Å²) < 4.78 is 1.57. The third kappa shape index (κ3) is 4.20. The van der Waals surface area contributed by atoms with Gasteiger partial charge < -0.3 is 25.2 Å². The number of H-pyrrole nitrogens is 1. The van der Waals surface area contributed by atoms with Crippen molar-refractivity contribution in [3.05, 3.63) is 38.5 Å². The molecule has 10 heteroatoms. The van der Waals surface area contributed by atoms with E-state index >= 15 is 0 Å². The lowest BCUT2D eigenvalue weighted by molar-refractivity contribution is -0.0134. The summed E-state index contributed by atoms with van der Waals surface area (Å²) in [4.78, 5) is 34.7. The lowest BCUT2D eigenvalue weighted by atomic mass is 9.98. The van der Waals surface area contributed by atoms with Gasteiger partial charge in [-0.1, -0.05) is 13.8 Å². The van der Waals surface area contributed by atoms with Crippen LogP contribution in [0.1, 0.15) is 25.8 Å². The van der Waals surface area contributed by atoms with Gasteiger partial charge in [-0.2, -0.15) is 4.98 Å². The van der Waals surface area contributed by atoms with Crippen molar-refractivity contribution in [1.29, 1.82) is 0 Å². The lowest BCUT2D eigenvalue weighted by Gasteiger charge is -2.26. The first-order valence-electron chi connectivity index (χ1n) is 9.92. The summed E-state index contributed by atoms with van der Waals surface area (Å²) in [5.74, 6) is -0.607. The van der Waals surface area contributed by atoms with Crippen molar-refractivity contribution in [2.45, 2.75) is 45.9 Å². The number of anilines is 1. The van der Waals surface area contributed by atoms with E-state index in [0.717, 1.165) is 24.2 Å². The fourth-order valence-electron chi connectivity index (χ4n) is 3.36. The van der Waals surface area contributed by atoms with Crippen LogP contribution in [0.4, 0.5) is 5.69 Å². The van der Waals surface area contributed by atoms with E-state index in [1.807, 2.05) is 19.1 Å². The molecule has 0 aliphatic carbocycles. The van der Waals surface area contributed by atoms with E-state index in [-0.39, 0.29) is 18.1 Å². The summed E-state index contributed by atoms with van der Waals surface area (Å²) in [5.41, 5.74) is 1.40. The van der Waals surface area contributed by atoms with Crippen LogP contribution in [0.3, 0.4) is 0 Å². The highest BCUT2D eigenvalue weighted by molar-refractivity contribution is 5.84. The molecule has 0 saturated heterocycles. The van der Waals surface area contributed by atoms with Gasteiger partial charge in [0.05, 0.1) is 36.4 Å². The smallest absolute Gasteiger partial charge is 0.349 e. The zero-order valence-corrected chi connectivity index (χ0v) is 17.2. The van der Waals surface area contributed by atoms with Gasteiger partial charge in [-0.25, -0.2) is 9.78 Å². The summed E-state index contributed by atoms with van der Waals surface area (Å²) in [6.07, 6.45) is -1.26. The minimum absolute atomic E-state index is 0.0154. The quantitative estimate of drug-likeness (QED) is 0.323. The normalized spacial score (nSPS) is 14.7. The van der Waals surface area contributed by atoms with Gasteiger partial charge in [-0.3, -0.25) is 9.78 Å². The molecule has 10 nitrogen and oxygen atoms in total. The number of hydrogen-bond donors (Lipinski definition) is 5. The molecule has 0 amide bonds. The predicted octanol–water partition coefficient (Wildman–Crippen LogP) is 0.0651. The Kier molecular flexibility index (Phi) is 6.49. The van der Waals surface area contributed by atoms with Crippen LogP contribution >= 0.6 is 0 Å². The molecule has 2 aliphatic rings. The van der Waals surface area contributed by atoms with Crippen LogP contribution in [-0.2, 0) is 6.54 Å². The molecule has 1 aromatic carbocycles.